The van der Waals surface area contributed by atoms with Gasteiger partial charge in [-0.1, -0.05) is 37.9 Å². The zero-order chi connectivity index (χ0) is 20.8. The summed E-state index contributed by atoms with van der Waals surface area (Å²) in [6.45, 7) is 11.2. The SMILES string of the molecule is CCCOC(C)N(CCPC(CC)(OC)OC)CCPC(CC)(OC)OC. The molecule has 0 saturated heterocycles. The summed E-state index contributed by atoms with van der Waals surface area (Å²) in [5, 5.41) is 0. The first-order chi connectivity index (χ1) is 12.9. The highest BCUT2D eigenvalue weighted by molar-refractivity contribution is 7.39. The van der Waals surface area contributed by atoms with Gasteiger partial charge in [-0.15, -0.1) is 0 Å². The van der Waals surface area contributed by atoms with Gasteiger partial charge in [0, 0.05) is 61.0 Å². The Morgan fingerprint density at radius 2 is 1.19 bits per heavy atom. The lowest BCUT2D eigenvalue weighted by atomic mass is 10.4. The summed E-state index contributed by atoms with van der Waals surface area (Å²) >= 11 is 0. The van der Waals surface area contributed by atoms with Crippen LogP contribution in [0.4, 0.5) is 0 Å². The molecule has 3 unspecified atom stereocenters. The molecule has 0 heterocycles. The largest absolute Gasteiger partial charge is 0.363 e. The number of methoxy groups -OCH3 is 4. The van der Waals surface area contributed by atoms with Crippen LogP contribution < -0.4 is 0 Å². The van der Waals surface area contributed by atoms with E-state index in [1.165, 1.54) is 0 Å². The van der Waals surface area contributed by atoms with Crippen LogP contribution in [0.2, 0.25) is 0 Å². The van der Waals surface area contributed by atoms with E-state index in [2.05, 4.69) is 32.6 Å². The van der Waals surface area contributed by atoms with Gasteiger partial charge in [0.15, 0.2) is 11.1 Å². The normalized spacial score (nSPS) is 15.0. The summed E-state index contributed by atoms with van der Waals surface area (Å²) in [4.78, 5) is 2.41. The first-order valence-electron chi connectivity index (χ1n) is 9.98. The number of nitrogens with zero attached hydrogens (tertiary/aromatic N) is 1. The van der Waals surface area contributed by atoms with Gasteiger partial charge in [0.05, 0.1) is 0 Å². The molecule has 0 aromatic rings. The van der Waals surface area contributed by atoms with Gasteiger partial charge in [-0.05, 0) is 25.7 Å². The fourth-order valence-electron chi connectivity index (χ4n) is 2.93. The summed E-state index contributed by atoms with van der Waals surface area (Å²) in [7, 11) is 8.09. The van der Waals surface area contributed by atoms with Crippen LogP contribution in [0.5, 0.6) is 0 Å². The van der Waals surface area contributed by atoms with Crippen LogP contribution >= 0.6 is 17.2 Å². The lowest BCUT2D eigenvalue weighted by Crippen LogP contribution is -2.40. The lowest BCUT2D eigenvalue weighted by Gasteiger charge is -2.34. The van der Waals surface area contributed by atoms with E-state index in [1.807, 2.05) is 0 Å². The number of hydrogen-bond acceptors (Lipinski definition) is 6. The van der Waals surface area contributed by atoms with E-state index in [1.54, 1.807) is 28.4 Å². The van der Waals surface area contributed by atoms with Gasteiger partial charge in [0.2, 0.25) is 0 Å². The predicted octanol–water partition coefficient (Wildman–Crippen LogP) is 4.13. The number of hydrogen-bond donors (Lipinski definition) is 0. The second-order valence-electron chi connectivity index (χ2n) is 6.39. The minimum Gasteiger partial charge on any atom is -0.363 e. The molecule has 0 aromatic heterocycles. The highest BCUT2D eigenvalue weighted by atomic mass is 31.1. The molecule has 0 aliphatic rings. The van der Waals surface area contributed by atoms with Crippen LogP contribution in [-0.4, -0.2) is 82.6 Å². The van der Waals surface area contributed by atoms with Crippen molar-refractivity contribution >= 4 is 17.2 Å². The van der Waals surface area contributed by atoms with Crippen molar-refractivity contribution in [3.63, 3.8) is 0 Å². The second-order valence-corrected chi connectivity index (χ2v) is 9.62. The van der Waals surface area contributed by atoms with E-state index in [-0.39, 0.29) is 6.23 Å². The molecule has 0 bridgehead atoms. The lowest BCUT2D eigenvalue weighted by molar-refractivity contribution is -0.138. The molecule has 0 radical (unpaired) electrons. The van der Waals surface area contributed by atoms with Crippen molar-refractivity contribution in [3.8, 4) is 0 Å². The minimum absolute atomic E-state index is 0.0989. The van der Waals surface area contributed by atoms with E-state index >= 15 is 0 Å². The Kier molecular flexibility index (Phi) is 15.8. The van der Waals surface area contributed by atoms with Crippen molar-refractivity contribution in [1.29, 1.82) is 0 Å². The van der Waals surface area contributed by atoms with E-state index in [9.17, 15) is 0 Å². The molecule has 0 amide bonds. The molecular formula is C19H43NO5P2. The van der Waals surface area contributed by atoms with Crippen LogP contribution in [0.1, 0.15) is 47.0 Å². The summed E-state index contributed by atoms with van der Waals surface area (Å²) in [5.74, 6) is 0. The van der Waals surface area contributed by atoms with Crippen molar-refractivity contribution in [3.05, 3.63) is 0 Å². The molecular weight excluding hydrogens is 384 g/mol. The molecule has 0 rings (SSSR count). The molecule has 27 heavy (non-hydrogen) atoms. The summed E-state index contributed by atoms with van der Waals surface area (Å²) < 4.78 is 28.5. The molecule has 0 fully saturated rings. The van der Waals surface area contributed by atoms with Crippen LogP contribution in [0, 0.1) is 0 Å². The number of rotatable bonds is 18. The Morgan fingerprint density at radius 3 is 1.48 bits per heavy atom. The predicted molar refractivity (Wildman–Crippen MR) is 118 cm³/mol. The van der Waals surface area contributed by atoms with Crippen molar-refractivity contribution in [2.24, 2.45) is 0 Å². The first kappa shape index (κ1) is 27.6. The number of ether oxygens (including phenoxy) is 5. The quantitative estimate of drug-likeness (QED) is 0.242. The zero-order valence-electron chi connectivity index (χ0n) is 18.7. The average Bonchev–Trinajstić information content (AvgIpc) is 2.72. The van der Waals surface area contributed by atoms with Crippen LogP contribution in [0.3, 0.4) is 0 Å². The Labute approximate surface area is 170 Å². The molecule has 0 spiro atoms. The Morgan fingerprint density at radius 1 is 0.778 bits per heavy atom. The van der Waals surface area contributed by atoms with Crippen molar-refractivity contribution in [2.75, 3.05) is 60.5 Å². The molecule has 164 valence electrons. The molecule has 6 nitrogen and oxygen atoms in total. The summed E-state index contributed by atoms with van der Waals surface area (Å²) in [5.41, 5.74) is -0.908. The molecule has 0 aliphatic carbocycles. The van der Waals surface area contributed by atoms with Crippen molar-refractivity contribution in [2.45, 2.75) is 64.2 Å². The third-order valence-corrected chi connectivity index (χ3v) is 8.46. The van der Waals surface area contributed by atoms with E-state index in [0.29, 0.717) is 17.2 Å². The van der Waals surface area contributed by atoms with Gasteiger partial charge in [-0.25, -0.2) is 0 Å². The van der Waals surface area contributed by atoms with E-state index in [4.69, 9.17) is 23.7 Å². The smallest absolute Gasteiger partial charge is 0.182 e. The van der Waals surface area contributed by atoms with Crippen molar-refractivity contribution < 1.29 is 23.7 Å². The summed E-state index contributed by atoms with van der Waals surface area (Å²) in [6.07, 6.45) is 4.87. The maximum atomic E-state index is 5.98. The zero-order valence-corrected chi connectivity index (χ0v) is 20.7. The highest BCUT2D eigenvalue weighted by Crippen LogP contribution is 2.37. The molecule has 0 aliphatic heterocycles. The minimum atomic E-state index is -0.454. The van der Waals surface area contributed by atoms with Gasteiger partial charge in [0.1, 0.15) is 6.23 Å². The van der Waals surface area contributed by atoms with Gasteiger partial charge in [-0.2, -0.15) is 0 Å². The van der Waals surface area contributed by atoms with Gasteiger partial charge in [-0.3, -0.25) is 4.90 Å². The van der Waals surface area contributed by atoms with Crippen LogP contribution in [-0.2, 0) is 23.7 Å². The average molecular weight is 428 g/mol. The third kappa shape index (κ3) is 9.78. The standard InChI is InChI=1S/C19H43NO5P2/c1-9-14-25-17(4)20(12-15-26-18(10-2,21-5)22-6)13-16-27-19(11-3,23-7)24-8/h17,26-27H,9-16H2,1-8H3. The Bertz CT molecular complexity index is 312. The maximum Gasteiger partial charge on any atom is 0.182 e. The van der Waals surface area contributed by atoms with E-state index in [0.717, 1.165) is 51.3 Å². The second kappa shape index (κ2) is 15.5. The first-order valence-corrected chi connectivity index (χ1v) is 12.4. The van der Waals surface area contributed by atoms with Gasteiger partial charge >= 0.3 is 0 Å². The Balaban J connectivity index is 4.74. The molecule has 0 N–H and O–H groups in total. The fourth-order valence-corrected chi connectivity index (χ4v) is 5.57. The molecule has 3 atom stereocenters. The monoisotopic (exact) mass is 427 g/mol. The van der Waals surface area contributed by atoms with Gasteiger partial charge < -0.3 is 23.7 Å². The van der Waals surface area contributed by atoms with Crippen molar-refractivity contribution in [1.82, 2.24) is 4.90 Å². The molecule has 8 heteroatoms. The third-order valence-electron chi connectivity index (χ3n) is 4.91. The molecule has 0 aromatic carbocycles. The maximum absolute atomic E-state index is 5.98. The van der Waals surface area contributed by atoms with Gasteiger partial charge in [0.25, 0.3) is 0 Å². The molecule has 0 saturated carbocycles. The van der Waals surface area contributed by atoms with Crippen LogP contribution in [0.25, 0.3) is 0 Å². The van der Waals surface area contributed by atoms with Crippen LogP contribution in [0.15, 0.2) is 0 Å². The summed E-state index contributed by atoms with van der Waals surface area (Å²) in [6, 6.07) is 0. The highest BCUT2D eigenvalue weighted by Gasteiger charge is 2.29. The Hall–Kier alpha value is 0.620. The fraction of sp³-hybridized carbons (Fsp3) is 1.00. The topological polar surface area (TPSA) is 49.4 Å². The van der Waals surface area contributed by atoms with E-state index < -0.39 is 11.1 Å².